The molecule has 0 aliphatic carbocycles. The Hall–Kier alpha value is -2.69. The van der Waals surface area contributed by atoms with Gasteiger partial charge in [-0.25, -0.2) is 0 Å². The minimum atomic E-state index is -0.603. The van der Waals surface area contributed by atoms with Gasteiger partial charge in [-0.15, -0.1) is 0 Å². The summed E-state index contributed by atoms with van der Waals surface area (Å²) in [6, 6.07) is 9.62. The van der Waals surface area contributed by atoms with Gasteiger partial charge in [-0.2, -0.15) is 0 Å². The molecule has 5 nitrogen and oxygen atoms in total. The van der Waals surface area contributed by atoms with Gasteiger partial charge in [0.05, 0.1) is 20.3 Å². The Morgan fingerprint density at radius 3 is 2.29 bits per heavy atom. The van der Waals surface area contributed by atoms with Gasteiger partial charge in [0.15, 0.2) is 17.6 Å². The number of carbonyl (C=O) groups is 1. The lowest BCUT2D eigenvalue weighted by molar-refractivity contribution is -0.128. The second-order valence-electron chi connectivity index (χ2n) is 7.05. The summed E-state index contributed by atoms with van der Waals surface area (Å²) in [4.78, 5) is 12.8. The summed E-state index contributed by atoms with van der Waals surface area (Å²) in [5.74, 6) is 1.90. The molecular weight excluding hydrogens is 354 g/mol. The maximum atomic E-state index is 12.8. The molecule has 0 aliphatic heterocycles. The quantitative estimate of drug-likeness (QED) is 0.718. The lowest BCUT2D eigenvalue weighted by Crippen LogP contribution is -2.38. The van der Waals surface area contributed by atoms with Crippen molar-refractivity contribution in [1.29, 1.82) is 0 Å². The molecule has 2 atom stereocenters. The van der Waals surface area contributed by atoms with Crippen LogP contribution in [0.5, 0.6) is 17.2 Å². The van der Waals surface area contributed by atoms with Crippen LogP contribution in [0.15, 0.2) is 30.3 Å². The van der Waals surface area contributed by atoms with E-state index in [-0.39, 0.29) is 11.9 Å². The summed E-state index contributed by atoms with van der Waals surface area (Å²) < 4.78 is 16.6. The number of ether oxygens (including phenoxy) is 3. The van der Waals surface area contributed by atoms with Crippen molar-refractivity contribution in [2.45, 2.75) is 53.2 Å². The SMILES string of the molecule is CC[C@H](NC(=O)[C@H](C)Oc1cc(C)cc(C)c1C)c1ccc(OC)c(OC)c1. The Kier molecular flexibility index (Phi) is 7.32. The molecule has 0 saturated heterocycles. The average Bonchev–Trinajstić information content (AvgIpc) is 2.68. The molecule has 5 heteroatoms. The Bertz CT molecular complexity index is 832. The lowest BCUT2D eigenvalue weighted by atomic mass is 10.0. The highest BCUT2D eigenvalue weighted by molar-refractivity contribution is 5.81. The van der Waals surface area contributed by atoms with Crippen molar-refractivity contribution >= 4 is 5.91 Å². The second-order valence-corrected chi connectivity index (χ2v) is 7.05. The van der Waals surface area contributed by atoms with Crippen molar-refractivity contribution in [3.05, 3.63) is 52.6 Å². The van der Waals surface area contributed by atoms with E-state index >= 15 is 0 Å². The zero-order valence-electron chi connectivity index (χ0n) is 17.9. The number of carbonyl (C=O) groups excluding carboxylic acids is 1. The van der Waals surface area contributed by atoms with Crippen LogP contribution in [-0.2, 0) is 4.79 Å². The van der Waals surface area contributed by atoms with E-state index in [9.17, 15) is 4.79 Å². The first-order chi connectivity index (χ1) is 13.3. The fraction of sp³-hybridized carbons (Fsp3) is 0.435. The monoisotopic (exact) mass is 385 g/mol. The van der Waals surface area contributed by atoms with Gasteiger partial charge >= 0.3 is 0 Å². The molecule has 0 saturated carbocycles. The molecule has 0 heterocycles. The molecule has 0 bridgehead atoms. The molecule has 0 unspecified atom stereocenters. The fourth-order valence-corrected chi connectivity index (χ4v) is 3.15. The average molecular weight is 386 g/mol. The van der Waals surface area contributed by atoms with Crippen LogP contribution >= 0.6 is 0 Å². The van der Waals surface area contributed by atoms with Gasteiger partial charge in [-0.3, -0.25) is 4.79 Å². The van der Waals surface area contributed by atoms with Crippen molar-refractivity contribution in [3.63, 3.8) is 0 Å². The van der Waals surface area contributed by atoms with E-state index in [1.165, 1.54) is 0 Å². The van der Waals surface area contributed by atoms with Crippen LogP contribution in [0.2, 0.25) is 0 Å². The number of amides is 1. The minimum absolute atomic E-state index is 0.140. The summed E-state index contributed by atoms with van der Waals surface area (Å²) in [7, 11) is 3.20. The predicted molar refractivity (Wildman–Crippen MR) is 111 cm³/mol. The molecule has 152 valence electrons. The van der Waals surface area contributed by atoms with E-state index in [0.717, 1.165) is 34.4 Å². The number of hydrogen-bond donors (Lipinski definition) is 1. The van der Waals surface area contributed by atoms with Crippen LogP contribution < -0.4 is 19.5 Å². The lowest BCUT2D eigenvalue weighted by Gasteiger charge is -2.23. The summed E-state index contributed by atoms with van der Waals surface area (Å²) in [5, 5.41) is 3.08. The van der Waals surface area contributed by atoms with Crippen molar-refractivity contribution in [1.82, 2.24) is 5.32 Å². The fourth-order valence-electron chi connectivity index (χ4n) is 3.15. The Labute approximate surface area is 168 Å². The van der Waals surface area contributed by atoms with Crippen molar-refractivity contribution in [2.75, 3.05) is 14.2 Å². The molecule has 0 fully saturated rings. The van der Waals surface area contributed by atoms with E-state index in [2.05, 4.69) is 11.4 Å². The normalized spacial score (nSPS) is 12.8. The van der Waals surface area contributed by atoms with Crippen LogP contribution in [0.25, 0.3) is 0 Å². The van der Waals surface area contributed by atoms with Crippen LogP contribution in [0.3, 0.4) is 0 Å². The Morgan fingerprint density at radius 2 is 1.68 bits per heavy atom. The van der Waals surface area contributed by atoms with Gasteiger partial charge in [-0.05, 0) is 74.6 Å². The smallest absolute Gasteiger partial charge is 0.261 e. The molecule has 0 aromatic heterocycles. The molecule has 0 radical (unpaired) electrons. The standard InChI is InChI=1S/C23H31NO4/c1-8-19(18-9-10-20(26-6)22(13-18)27-7)24-23(25)17(5)28-21-12-14(2)11-15(3)16(21)4/h9-13,17,19H,8H2,1-7H3,(H,24,25)/t17-,19-/m0/s1. The van der Waals surface area contributed by atoms with E-state index in [0.29, 0.717) is 11.5 Å². The van der Waals surface area contributed by atoms with Crippen LogP contribution in [-0.4, -0.2) is 26.2 Å². The number of methoxy groups -OCH3 is 2. The highest BCUT2D eigenvalue weighted by Gasteiger charge is 2.21. The number of rotatable bonds is 8. The molecule has 2 rings (SSSR count). The number of aryl methyl sites for hydroxylation is 2. The second kappa shape index (κ2) is 9.49. The minimum Gasteiger partial charge on any atom is -0.493 e. The van der Waals surface area contributed by atoms with E-state index in [4.69, 9.17) is 14.2 Å². The third-order valence-electron chi connectivity index (χ3n) is 4.97. The zero-order valence-corrected chi connectivity index (χ0v) is 17.9. The van der Waals surface area contributed by atoms with E-state index in [1.54, 1.807) is 21.1 Å². The first-order valence-electron chi connectivity index (χ1n) is 9.57. The molecule has 1 N–H and O–H groups in total. The largest absolute Gasteiger partial charge is 0.493 e. The van der Waals surface area contributed by atoms with Crippen LogP contribution in [0.4, 0.5) is 0 Å². The maximum absolute atomic E-state index is 12.8. The van der Waals surface area contributed by atoms with Crippen LogP contribution in [0.1, 0.15) is 48.6 Å². The van der Waals surface area contributed by atoms with Gasteiger partial charge < -0.3 is 19.5 Å². The first kappa shape index (κ1) is 21.6. The summed E-state index contributed by atoms with van der Waals surface area (Å²) in [6.07, 6.45) is 0.144. The number of benzene rings is 2. The molecule has 1 amide bonds. The third kappa shape index (κ3) is 4.97. The molecular formula is C23H31NO4. The molecule has 28 heavy (non-hydrogen) atoms. The molecule has 0 spiro atoms. The number of nitrogens with one attached hydrogen (secondary N) is 1. The van der Waals surface area contributed by atoms with Gasteiger partial charge in [0, 0.05) is 0 Å². The van der Waals surface area contributed by atoms with Crippen LogP contribution in [0, 0.1) is 20.8 Å². The van der Waals surface area contributed by atoms with Gasteiger partial charge in [0.1, 0.15) is 5.75 Å². The molecule has 0 aliphatic rings. The van der Waals surface area contributed by atoms with Crippen molar-refractivity contribution in [3.8, 4) is 17.2 Å². The summed E-state index contributed by atoms with van der Waals surface area (Å²) in [5.41, 5.74) is 4.28. The Morgan fingerprint density at radius 1 is 1.00 bits per heavy atom. The third-order valence-corrected chi connectivity index (χ3v) is 4.97. The first-order valence-corrected chi connectivity index (χ1v) is 9.57. The Balaban J connectivity index is 2.13. The zero-order chi connectivity index (χ0) is 20.8. The van der Waals surface area contributed by atoms with Crippen molar-refractivity contribution in [2.24, 2.45) is 0 Å². The van der Waals surface area contributed by atoms with Gasteiger partial charge in [-0.1, -0.05) is 19.1 Å². The highest BCUT2D eigenvalue weighted by atomic mass is 16.5. The topological polar surface area (TPSA) is 56.8 Å². The molecule has 2 aromatic rings. The van der Waals surface area contributed by atoms with Gasteiger partial charge in [0.25, 0.3) is 5.91 Å². The predicted octanol–water partition coefficient (Wildman–Crippen LogP) is 4.66. The maximum Gasteiger partial charge on any atom is 0.261 e. The van der Waals surface area contributed by atoms with E-state index in [1.807, 2.05) is 52.0 Å². The highest BCUT2D eigenvalue weighted by Crippen LogP contribution is 2.31. The summed E-state index contributed by atoms with van der Waals surface area (Å²) in [6.45, 7) is 9.88. The van der Waals surface area contributed by atoms with Gasteiger partial charge in [0.2, 0.25) is 0 Å². The molecule has 2 aromatic carbocycles. The summed E-state index contributed by atoms with van der Waals surface area (Å²) >= 11 is 0. The van der Waals surface area contributed by atoms with E-state index < -0.39 is 6.10 Å². The van der Waals surface area contributed by atoms with Crippen molar-refractivity contribution < 1.29 is 19.0 Å². The number of hydrogen-bond acceptors (Lipinski definition) is 4.